The van der Waals surface area contributed by atoms with Crippen LogP contribution in [0.2, 0.25) is 0 Å². The highest BCUT2D eigenvalue weighted by Crippen LogP contribution is 2.06. The standard InChI is InChI=1S/C9H19NO/c1-7(2)5-9(11)8(3)6-10-4/h7-8,10H,5-6H2,1-4H3. The summed E-state index contributed by atoms with van der Waals surface area (Å²) in [4.78, 5) is 11.3. The lowest BCUT2D eigenvalue weighted by Gasteiger charge is -2.10. The van der Waals surface area contributed by atoms with Crippen molar-refractivity contribution in [2.75, 3.05) is 13.6 Å². The van der Waals surface area contributed by atoms with Gasteiger partial charge in [0, 0.05) is 18.9 Å². The van der Waals surface area contributed by atoms with Crippen LogP contribution in [0, 0.1) is 11.8 Å². The van der Waals surface area contributed by atoms with Crippen molar-refractivity contribution in [2.45, 2.75) is 27.2 Å². The predicted octanol–water partition coefficient (Wildman–Crippen LogP) is 1.46. The van der Waals surface area contributed by atoms with Crippen molar-refractivity contribution >= 4 is 5.78 Å². The van der Waals surface area contributed by atoms with E-state index < -0.39 is 0 Å². The van der Waals surface area contributed by atoms with Crippen LogP contribution in [0.25, 0.3) is 0 Å². The third-order valence-corrected chi connectivity index (χ3v) is 1.67. The van der Waals surface area contributed by atoms with Gasteiger partial charge in [-0.3, -0.25) is 4.79 Å². The van der Waals surface area contributed by atoms with Crippen molar-refractivity contribution in [2.24, 2.45) is 11.8 Å². The topological polar surface area (TPSA) is 29.1 Å². The van der Waals surface area contributed by atoms with E-state index in [2.05, 4.69) is 19.2 Å². The van der Waals surface area contributed by atoms with Crippen molar-refractivity contribution in [3.05, 3.63) is 0 Å². The molecule has 1 atom stereocenters. The van der Waals surface area contributed by atoms with Crippen molar-refractivity contribution in [3.63, 3.8) is 0 Å². The van der Waals surface area contributed by atoms with E-state index in [1.54, 1.807) is 0 Å². The smallest absolute Gasteiger partial charge is 0.137 e. The van der Waals surface area contributed by atoms with Gasteiger partial charge >= 0.3 is 0 Å². The minimum Gasteiger partial charge on any atom is -0.319 e. The first-order valence-electron chi connectivity index (χ1n) is 4.25. The van der Waals surface area contributed by atoms with E-state index in [1.807, 2.05) is 14.0 Å². The Kier molecular flexibility index (Phi) is 5.12. The summed E-state index contributed by atoms with van der Waals surface area (Å²) < 4.78 is 0. The van der Waals surface area contributed by atoms with Gasteiger partial charge in [0.25, 0.3) is 0 Å². The lowest BCUT2D eigenvalue weighted by atomic mass is 9.98. The molecule has 0 aliphatic rings. The number of rotatable bonds is 5. The molecule has 0 spiro atoms. The van der Waals surface area contributed by atoms with Crippen molar-refractivity contribution in [1.82, 2.24) is 5.32 Å². The Morgan fingerprint density at radius 2 is 1.91 bits per heavy atom. The van der Waals surface area contributed by atoms with Crippen LogP contribution in [0.1, 0.15) is 27.2 Å². The van der Waals surface area contributed by atoms with E-state index in [9.17, 15) is 4.79 Å². The molecule has 1 N–H and O–H groups in total. The first-order valence-corrected chi connectivity index (χ1v) is 4.25. The van der Waals surface area contributed by atoms with Crippen LogP contribution in [-0.2, 0) is 4.79 Å². The van der Waals surface area contributed by atoms with Gasteiger partial charge in [0.05, 0.1) is 0 Å². The Labute approximate surface area is 69.4 Å². The van der Waals surface area contributed by atoms with Crippen LogP contribution in [0.3, 0.4) is 0 Å². The third kappa shape index (κ3) is 4.96. The monoisotopic (exact) mass is 157 g/mol. The van der Waals surface area contributed by atoms with Crippen molar-refractivity contribution in [1.29, 1.82) is 0 Å². The zero-order valence-electron chi connectivity index (χ0n) is 7.98. The lowest BCUT2D eigenvalue weighted by molar-refractivity contribution is -0.122. The number of Topliss-reactive ketones (excluding diaryl/α,β-unsaturated/α-hetero) is 1. The highest BCUT2D eigenvalue weighted by molar-refractivity contribution is 5.81. The molecule has 0 saturated carbocycles. The van der Waals surface area contributed by atoms with Gasteiger partial charge in [-0.15, -0.1) is 0 Å². The largest absolute Gasteiger partial charge is 0.319 e. The zero-order valence-corrected chi connectivity index (χ0v) is 7.98. The highest BCUT2D eigenvalue weighted by atomic mass is 16.1. The Hall–Kier alpha value is -0.370. The van der Waals surface area contributed by atoms with Gasteiger partial charge < -0.3 is 5.32 Å². The molecule has 0 aliphatic heterocycles. The lowest BCUT2D eigenvalue weighted by Crippen LogP contribution is -2.24. The molecule has 0 aromatic carbocycles. The van der Waals surface area contributed by atoms with E-state index >= 15 is 0 Å². The molecule has 11 heavy (non-hydrogen) atoms. The van der Waals surface area contributed by atoms with Crippen molar-refractivity contribution < 1.29 is 4.79 Å². The van der Waals surface area contributed by atoms with E-state index in [0.717, 1.165) is 6.54 Å². The van der Waals surface area contributed by atoms with Crippen LogP contribution < -0.4 is 5.32 Å². The molecule has 0 fully saturated rings. The van der Waals surface area contributed by atoms with Crippen LogP contribution >= 0.6 is 0 Å². The first-order chi connectivity index (χ1) is 5.07. The number of nitrogens with one attached hydrogen (secondary N) is 1. The second kappa shape index (κ2) is 5.30. The minimum atomic E-state index is 0.169. The van der Waals surface area contributed by atoms with Gasteiger partial charge in [0.2, 0.25) is 0 Å². The van der Waals surface area contributed by atoms with Crippen LogP contribution in [-0.4, -0.2) is 19.4 Å². The van der Waals surface area contributed by atoms with E-state index in [1.165, 1.54) is 0 Å². The number of carbonyl (C=O) groups excluding carboxylic acids is 1. The van der Waals surface area contributed by atoms with Gasteiger partial charge in [-0.25, -0.2) is 0 Å². The quantitative estimate of drug-likeness (QED) is 0.654. The van der Waals surface area contributed by atoms with E-state index in [0.29, 0.717) is 18.1 Å². The third-order valence-electron chi connectivity index (χ3n) is 1.67. The molecule has 0 radical (unpaired) electrons. The molecule has 0 rings (SSSR count). The summed E-state index contributed by atoms with van der Waals surface area (Å²) in [7, 11) is 1.87. The van der Waals surface area contributed by atoms with E-state index in [4.69, 9.17) is 0 Å². The van der Waals surface area contributed by atoms with E-state index in [-0.39, 0.29) is 5.92 Å². The molecule has 0 aliphatic carbocycles. The molecule has 2 nitrogen and oxygen atoms in total. The molecule has 0 bridgehead atoms. The Morgan fingerprint density at radius 3 is 2.27 bits per heavy atom. The fourth-order valence-corrected chi connectivity index (χ4v) is 1.02. The number of hydrogen-bond acceptors (Lipinski definition) is 2. The molecule has 0 aromatic rings. The Bertz CT molecular complexity index is 121. The van der Waals surface area contributed by atoms with Crippen LogP contribution in [0.5, 0.6) is 0 Å². The molecule has 1 unspecified atom stereocenters. The fraction of sp³-hybridized carbons (Fsp3) is 0.889. The van der Waals surface area contributed by atoms with Crippen LogP contribution in [0.4, 0.5) is 0 Å². The summed E-state index contributed by atoms with van der Waals surface area (Å²) in [5.74, 6) is 1.03. The fourth-order valence-electron chi connectivity index (χ4n) is 1.02. The summed E-state index contributed by atoms with van der Waals surface area (Å²) in [5, 5.41) is 3.00. The maximum atomic E-state index is 11.3. The second-order valence-electron chi connectivity index (χ2n) is 3.52. The van der Waals surface area contributed by atoms with Crippen LogP contribution in [0.15, 0.2) is 0 Å². The summed E-state index contributed by atoms with van der Waals surface area (Å²) in [5.41, 5.74) is 0. The van der Waals surface area contributed by atoms with Gasteiger partial charge in [0.15, 0.2) is 0 Å². The molecular weight excluding hydrogens is 138 g/mol. The second-order valence-corrected chi connectivity index (χ2v) is 3.52. The summed E-state index contributed by atoms with van der Waals surface area (Å²) in [6.07, 6.45) is 0.711. The number of ketones is 1. The number of carbonyl (C=O) groups is 1. The predicted molar refractivity (Wildman–Crippen MR) is 47.6 cm³/mol. The summed E-state index contributed by atoms with van der Waals surface area (Å²) in [6, 6.07) is 0. The Balaban J connectivity index is 3.64. The average molecular weight is 157 g/mol. The molecule has 0 aromatic heterocycles. The zero-order chi connectivity index (χ0) is 8.85. The van der Waals surface area contributed by atoms with Gasteiger partial charge in [-0.05, 0) is 13.0 Å². The molecule has 66 valence electrons. The molecule has 0 amide bonds. The molecule has 0 heterocycles. The summed E-state index contributed by atoms with van der Waals surface area (Å²) in [6.45, 7) is 6.92. The molecule has 0 saturated heterocycles. The number of hydrogen-bond donors (Lipinski definition) is 1. The summed E-state index contributed by atoms with van der Waals surface area (Å²) >= 11 is 0. The minimum absolute atomic E-state index is 0.169. The normalized spacial score (nSPS) is 13.5. The average Bonchev–Trinajstić information content (AvgIpc) is 1.86. The molecular formula is C9H19NO. The Morgan fingerprint density at radius 1 is 1.36 bits per heavy atom. The highest BCUT2D eigenvalue weighted by Gasteiger charge is 2.12. The molecule has 2 heteroatoms. The van der Waals surface area contributed by atoms with Gasteiger partial charge in [-0.1, -0.05) is 20.8 Å². The van der Waals surface area contributed by atoms with Gasteiger partial charge in [-0.2, -0.15) is 0 Å². The van der Waals surface area contributed by atoms with Gasteiger partial charge in [0.1, 0.15) is 5.78 Å². The SMILES string of the molecule is CNCC(C)C(=O)CC(C)C. The maximum absolute atomic E-state index is 11.3. The van der Waals surface area contributed by atoms with Crippen molar-refractivity contribution in [3.8, 4) is 0 Å². The maximum Gasteiger partial charge on any atom is 0.137 e. The first kappa shape index (κ1) is 10.6.